The molecular formula is C25H20ClN3O3. The van der Waals surface area contributed by atoms with Gasteiger partial charge >= 0.3 is 0 Å². The maximum Gasteiger partial charge on any atom is 0.276 e. The van der Waals surface area contributed by atoms with E-state index in [9.17, 15) is 14.4 Å². The van der Waals surface area contributed by atoms with E-state index in [2.05, 4.69) is 5.32 Å². The zero-order valence-electron chi connectivity index (χ0n) is 17.1. The first-order chi connectivity index (χ1) is 15.5. The van der Waals surface area contributed by atoms with Crippen molar-refractivity contribution in [1.82, 2.24) is 15.3 Å². The molecule has 2 saturated heterocycles. The molecule has 2 unspecified atom stereocenters. The van der Waals surface area contributed by atoms with Gasteiger partial charge in [-0.2, -0.15) is 5.01 Å². The molecule has 0 aromatic heterocycles. The highest BCUT2D eigenvalue weighted by Crippen LogP contribution is 2.49. The highest BCUT2D eigenvalue weighted by Gasteiger charge is 2.64. The number of carbonyl (C=O) groups excluding carboxylic acids is 3. The minimum atomic E-state index is -1.49. The van der Waals surface area contributed by atoms with Crippen molar-refractivity contribution < 1.29 is 14.4 Å². The molecule has 3 amide bonds. The first kappa shape index (κ1) is 20.4. The molecule has 5 rings (SSSR count). The lowest BCUT2D eigenvalue weighted by Crippen LogP contribution is -2.55. The summed E-state index contributed by atoms with van der Waals surface area (Å²) in [4.78, 5) is 40.0. The van der Waals surface area contributed by atoms with E-state index in [1.54, 1.807) is 53.5 Å². The Kier molecular flexibility index (Phi) is 5.04. The Labute approximate surface area is 190 Å². The summed E-state index contributed by atoms with van der Waals surface area (Å²) in [6, 6.07) is 24.4. The third-order valence-electron chi connectivity index (χ3n) is 6.05. The fourth-order valence-corrected chi connectivity index (χ4v) is 4.75. The average molecular weight is 446 g/mol. The topological polar surface area (TPSA) is 69.7 Å². The van der Waals surface area contributed by atoms with E-state index >= 15 is 0 Å². The Morgan fingerprint density at radius 3 is 2.19 bits per heavy atom. The summed E-state index contributed by atoms with van der Waals surface area (Å²) in [6.45, 7) is 0.383. The molecule has 160 valence electrons. The van der Waals surface area contributed by atoms with Crippen molar-refractivity contribution in [1.29, 1.82) is 0 Å². The van der Waals surface area contributed by atoms with Crippen LogP contribution in [0.4, 0.5) is 0 Å². The van der Waals surface area contributed by atoms with E-state index in [4.69, 9.17) is 11.6 Å². The lowest BCUT2D eigenvalue weighted by molar-refractivity contribution is -0.150. The maximum atomic E-state index is 14.0. The predicted molar refractivity (Wildman–Crippen MR) is 119 cm³/mol. The molecule has 0 saturated carbocycles. The van der Waals surface area contributed by atoms with Gasteiger partial charge in [-0.15, -0.1) is 0 Å². The average Bonchev–Trinajstić information content (AvgIpc) is 3.31. The Bertz CT molecular complexity index is 1180. The summed E-state index contributed by atoms with van der Waals surface area (Å²) in [5.41, 5.74) is 0.324. The van der Waals surface area contributed by atoms with E-state index in [1.807, 2.05) is 36.4 Å². The molecule has 3 aromatic carbocycles. The number of nitrogens with one attached hydrogen (secondary N) is 1. The van der Waals surface area contributed by atoms with Crippen LogP contribution >= 0.6 is 11.6 Å². The largest absolute Gasteiger partial charge is 0.332 e. The summed E-state index contributed by atoms with van der Waals surface area (Å²) < 4.78 is 0. The summed E-state index contributed by atoms with van der Waals surface area (Å²) in [5, 5.41) is 6.54. The number of hydrogen-bond donors (Lipinski definition) is 1. The zero-order valence-corrected chi connectivity index (χ0v) is 17.8. The number of amides is 3. The van der Waals surface area contributed by atoms with Crippen molar-refractivity contribution >= 4 is 29.3 Å². The van der Waals surface area contributed by atoms with E-state index in [0.29, 0.717) is 22.7 Å². The first-order valence-corrected chi connectivity index (χ1v) is 10.7. The van der Waals surface area contributed by atoms with E-state index in [0.717, 1.165) is 5.56 Å². The highest BCUT2D eigenvalue weighted by molar-refractivity contribution is 6.30. The Morgan fingerprint density at radius 2 is 1.53 bits per heavy atom. The number of nitrogens with zero attached hydrogens (tertiary/aromatic N) is 2. The Hall–Kier alpha value is -3.48. The molecule has 2 aliphatic rings. The molecule has 6 nitrogen and oxygen atoms in total. The fourth-order valence-electron chi connectivity index (χ4n) is 4.63. The van der Waals surface area contributed by atoms with Crippen LogP contribution in [0.5, 0.6) is 0 Å². The second kappa shape index (κ2) is 7.89. The molecule has 1 N–H and O–H groups in total. The molecule has 7 heteroatoms. The normalized spacial score (nSPS) is 22.8. The lowest BCUT2D eigenvalue weighted by Gasteiger charge is -2.36. The lowest BCUT2D eigenvalue weighted by atomic mass is 9.79. The zero-order chi connectivity index (χ0) is 22.3. The number of rotatable bonds is 4. The number of benzene rings is 3. The highest BCUT2D eigenvalue weighted by atomic mass is 35.5. The van der Waals surface area contributed by atoms with Crippen LogP contribution in [-0.4, -0.2) is 34.3 Å². The number of fused-ring (bicyclic) bond motifs is 1. The van der Waals surface area contributed by atoms with Crippen LogP contribution in [0.3, 0.4) is 0 Å². The molecule has 3 aromatic rings. The molecule has 0 radical (unpaired) electrons. The van der Waals surface area contributed by atoms with Crippen molar-refractivity contribution in [3.8, 4) is 0 Å². The van der Waals surface area contributed by atoms with Gasteiger partial charge in [0, 0.05) is 23.6 Å². The number of imide groups is 1. The molecule has 2 fully saturated rings. The summed E-state index contributed by atoms with van der Waals surface area (Å²) >= 11 is 6.12. The molecule has 2 atom stereocenters. The molecule has 0 spiro atoms. The Morgan fingerprint density at radius 1 is 0.906 bits per heavy atom. The van der Waals surface area contributed by atoms with Crippen LogP contribution in [0.1, 0.15) is 33.9 Å². The van der Waals surface area contributed by atoms with Crippen LogP contribution in [0.25, 0.3) is 0 Å². The number of hydrazine groups is 1. The minimum Gasteiger partial charge on any atom is -0.332 e. The van der Waals surface area contributed by atoms with Gasteiger partial charge in [0.25, 0.3) is 11.8 Å². The smallest absolute Gasteiger partial charge is 0.276 e. The van der Waals surface area contributed by atoms with Gasteiger partial charge < -0.3 is 5.32 Å². The molecule has 32 heavy (non-hydrogen) atoms. The van der Waals surface area contributed by atoms with Crippen LogP contribution in [0, 0.1) is 0 Å². The third-order valence-corrected chi connectivity index (χ3v) is 6.30. The second-order valence-corrected chi connectivity index (χ2v) is 8.31. The number of carbonyl (C=O) groups is 3. The maximum absolute atomic E-state index is 14.0. The van der Waals surface area contributed by atoms with Gasteiger partial charge in [-0.1, -0.05) is 72.3 Å². The quantitative estimate of drug-likeness (QED) is 0.622. The Balaban J connectivity index is 1.72. The first-order valence-electron chi connectivity index (χ1n) is 10.3. The molecule has 2 aliphatic heterocycles. The molecular weight excluding hydrogens is 426 g/mol. The SMILES string of the molecule is O=C(NC1(c2ccccc2)C(=O)N2C(=O)CCN2C1c1ccc(Cl)cc1)c1ccccc1. The van der Waals surface area contributed by atoms with Crippen LogP contribution in [-0.2, 0) is 15.1 Å². The van der Waals surface area contributed by atoms with Gasteiger partial charge in [0.1, 0.15) is 0 Å². The van der Waals surface area contributed by atoms with Crippen LogP contribution < -0.4 is 5.32 Å². The minimum absolute atomic E-state index is 0.243. The number of halogens is 1. The summed E-state index contributed by atoms with van der Waals surface area (Å²) in [5.74, 6) is -1.13. The van der Waals surface area contributed by atoms with Gasteiger partial charge in [-0.25, -0.2) is 5.01 Å². The van der Waals surface area contributed by atoms with Gasteiger partial charge in [0.15, 0.2) is 5.54 Å². The fraction of sp³-hybridized carbons (Fsp3) is 0.160. The van der Waals surface area contributed by atoms with Crippen molar-refractivity contribution in [3.05, 3.63) is 107 Å². The van der Waals surface area contributed by atoms with E-state index < -0.39 is 23.4 Å². The van der Waals surface area contributed by atoms with E-state index in [-0.39, 0.29) is 12.3 Å². The van der Waals surface area contributed by atoms with Crippen LogP contribution in [0.2, 0.25) is 5.02 Å². The van der Waals surface area contributed by atoms with E-state index in [1.165, 1.54) is 5.01 Å². The molecule has 0 bridgehead atoms. The van der Waals surface area contributed by atoms with Gasteiger partial charge in [0.05, 0.1) is 6.04 Å². The summed E-state index contributed by atoms with van der Waals surface area (Å²) in [7, 11) is 0. The molecule has 0 aliphatic carbocycles. The van der Waals surface area contributed by atoms with Crippen molar-refractivity contribution in [3.63, 3.8) is 0 Å². The van der Waals surface area contributed by atoms with Gasteiger partial charge in [-0.3, -0.25) is 14.4 Å². The summed E-state index contributed by atoms with van der Waals surface area (Å²) in [6.07, 6.45) is 0.243. The van der Waals surface area contributed by atoms with Crippen molar-refractivity contribution in [2.24, 2.45) is 0 Å². The third kappa shape index (κ3) is 3.11. The predicted octanol–water partition coefficient (Wildman–Crippen LogP) is 3.70. The van der Waals surface area contributed by atoms with Crippen molar-refractivity contribution in [2.75, 3.05) is 6.54 Å². The number of hydrogen-bond acceptors (Lipinski definition) is 4. The second-order valence-electron chi connectivity index (χ2n) is 7.87. The van der Waals surface area contributed by atoms with Gasteiger partial charge in [0.2, 0.25) is 5.91 Å². The standard InChI is InChI=1S/C25H20ClN3O3/c26-20-13-11-17(12-14-20)22-25(19-9-5-2-6-10-19,24(32)29-21(30)15-16-28(22)29)27-23(31)18-7-3-1-4-8-18/h1-14,22H,15-16H2,(H,27,31). The monoisotopic (exact) mass is 445 g/mol. The molecule has 2 heterocycles. The van der Waals surface area contributed by atoms with Crippen molar-refractivity contribution in [2.45, 2.75) is 18.0 Å². The van der Waals surface area contributed by atoms with Crippen LogP contribution in [0.15, 0.2) is 84.9 Å². The van der Waals surface area contributed by atoms with Gasteiger partial charge in [-0.05, 0) is 35.4 Å².